The number of anilines is 1. The van der Waals surface area contributed by atoms with E-state index in [9.17, 15) is 0 Å². The minimum Gasteiger partial charge on any atom is -0.497 e. The second-order valence-corrected chi connectivity index (χ2v) is 9.95. The van der Waals surface area contributed by atoms with Crippen molar-refractivity contribution in [1.29, 1.82) is 0 Å². The molecule has 7 nitrogen and oxygen atoms in total. The summed E-state index contributed by atoms with van der Waals surface area (Å²) >= 11 is 0. The second kappa shape index (κ2) is 8.95. The van der Waals surface area contributed by atoms with Gasteiger partial charge in [-0.1, -0.05) is 44.2 Å². The van der Waals surface area contributed by atoms with Gasteiger partial charge in [0.15, 0.2) is 5.65 Å². The van der Waals surface area contributed by atoms with Gasteiger partial charge < -0.3 is 10.1 Å². The van der Waals surface area contributed by atoms with Crippen LogP contribution in [-0.4, -0.2) is 33.5 Å². The molecule has 6 rings (SSSR count). The van der Waals surface area contributed by atoms with Gasteiger partial charge in [-0.3, -0.25) is 10.3 Å². The molecule has 0 atom stereocenters. The lowest BCUT2D eigenvalue weighted by Crippen LogP contribution is -2.25. The maximum Gasteiger partial charge on any atom is 0.160 e. The number of hydrogen-bond acceptors (Lipinski definition) is 6. The average molecular weight is 460 g/mol. The molecule has 1 aliphatic heterocycles. The highest BCUT2D eigenvalue weighted by Crippen LogP contribution is 2.42. The van der Waals surface area contributed by atoms with E-state index in [0.717, 1.165) is 52.1 Å². The van der Waals surface area contributed by atoms with E-state index in [4.69, 9.17) is 19.7 Å². The monoisotopic (exact) mass is 459 g/mol. The van der Waals surface area contributed by atoms with Crippen molar-refractivity contribution in [3.8, 4) is 5.75 Å². The lowest BCUT2D eigenvalue weighted by atomic mass is 9.94. The minimum absolute atomic E-state index is 0.162. The Bertz CT molecular complexity index is 1190. The van der Waals surface area contributed by atoms with Gasteiger partial charge in [0.1, 0.15) is 11.4 Å². The number of pyridine rings is 1. The van der Waals surface area contributed by atoms with E-state index < -0.39 is 0 Å². The van der Waals surface area contributed by atoms with Crippen molar-refractivity contribution in [2.75, 3.05) is 12.4 Å². The molecule has 0 bridgehead atoms. The molecule has 2 aromatic heterocycles. The quantitative estimate of drug-likeness (QED) is 0.513. The van der Waals surface area contributed by atoms with E-state index in [1.807, 2.05) is 29.2 Å². The third kappa shape index (κ3) is 4.02. The second-order valence-electron chi connectivity index (χ2n) is 9.95. The Morgan fingerprint density at radius 1 is 1.09 bits per heavy atom. The molecule has 0 unspecified atom stereocenters. The van der Waals surface area contributed by atoms with E-state index in [-0.39, 0.29) is 5.60 Å². The minimum atomic E-state index is -0.162. The van der Waals surface area contributed by atoms with Gasteiger partial charge in [0.05, 0.1) is 36.6 Å². The molecule has 0 saturated heterocycles. The first-order valence-electron chi connectivity index (χ1n) is 12.6. The van der Waals surface area contributed by atoms with Gasteiger partial charge in [-0.05, 0) is 49.5 Å². The molecule has 3 aromatic rings. The Balaban J connectivity index is 1.37. The first kappa shape index (κ1) is 21.5. The number of methoxy groups -OCH3 is 1. The fourth-order valence-corrected chi connectivity index (χ4v) is 5.69. The number of fused-ring (bicyclic) bond motifs is 1. The van der Waals surface area contributed by atoms with Gasteiger partial charge in [0.25, 0.3) is 0 Å². The zero-order chi connectivity index (χ0) is 23.0. The molecule has 178 valence electrons. The first-order chi connectivity index (χ1) is 16.7. The molecule has 2 fully saturated rings. The molecule has 3 aliphatic rings. The number of nitrogens with one attached hydrogen (secondary N) is 2. The topological polar surface area (TPSA) is 73.2 Å². The first-order valence-corrected chi connectivity index (χ1v) is 12.6. The Labute approximate surface area is 200 Å². The molecular formula is C27H33N5O2. The summed E-state index contributed by atoms with van der Waals surface area (Å²) in [6.07, 6.45) is 17.1. The van der Waals surface area contributed by atoms with E-state index in [1.54, 1.807) is 7.11 Å². The number of rotatable bonds is 6. The van der Waals surface area contributed by atoms with Crippen LogP contribution in [-0.2, 0) is 11.4 Å². The Hall–Kier alpha value is -3.06. The Kier molecular flexibility index (Phi) is 5.65. The van der Waals surface area contributed by atoms with Crippen LogP contribution < -0.4 is 15.5 Å². The molecule has 34 heavy (non-hydrogen) atoms. The summed E-state index contributed by atoms with van der Waals surface area (Å²) in [5.74, 6) is 0.857. The predicted molar refractivity (Wildman–Crippen MR) is 134 cm³/mol. The van der Waals surface area contributed by atoms with Crippen molar-refractivity contribution in [2.45, 2.75) is 76.0 Å². The molecule has 0 radical (unpaired) electrons. The van der Waals surface area contributed by atoms with Crippen molar-refractivity contribution in [2.24, 2.45) is 0 Å². The van der Waals surface area contributed by atoms with Crippen molar-refractivity contribution in [3.05, 3.63) is 53.9 Å². The normalized spacial score (nSPS) is 20.0. The van der Waals surface area contributed by atoms with Crippen molar-refractivity contribution in [1.82, 2.24) is 20.2 Å². The van der Waals surface area contributed by atoms with Gasteiger partial charge in [-0.15, -0.1) is 0 Å². The van der Waals surface area contributed by atoms with Crippen molar-refractivity contribution >= 4 is 22.4 Å². The summed E-state index contributed by atoms with van der Waals surface area (Å²) in [7, 11) is 1.69. The molecule has 3 heterocycles. The van der Waals surface area contributed by atoms with Gasteiger partial charge in [-0.25, -0.2) is 9.67 Å². The van der Waals surface area contributed by atoms with E-state index in [1.165, 1.54) is 44.9 Å². The zero-order valence-corrected chi connectivity index (χ0v) is 19.8. The van der Waals surface area contributed by atoms with Crippen LogP contribution in [0.2, 0.25) is 0 Å². The molecule has 2 aliphatic carbocycles. The third-order valence-corrected chi connectivity index (χ3v) is 7.62. The summed E-state index contributed by atoms with van der Waals surface area (Å²) in [4.78, 5) is 11.0. The number of nitrogens with zero attached hydrogens (tertiary/aromatic N) is 3. The van der Waals surface area contributed by atoms with Crippen LogP contribution in [0.5, 0.6) is 5.75 Å². The average Bonchev–Trinajstić information content (AvgIpc) is 3.62. The molecule has 2 saturated carbocycles. The maximum absolute atomic E-state index is 6.10. The summed E-state index contributed by atoms with van der Waals surface area (Å²) in [5.41, 5.74) is 8.37. The van der Waals surface area contributed by atoms with Gasteiger partial charge in [0, 0.05) is 17.8 Å². The van der Waals surface area contributed by atoms with Crippen LogP contribution in [0, 0.1) is 0 Å². The molecule has 1 aromatic carbocycles. The van der Waals surface area contributed by atoms with Crippen LogP contribution in [0.1, 0.15) is 68.9 Å². The predicted octanol–water partition coefficient (Wildman–Crippen LogP) is 5.42. The van der Waals surface area contributed by atoms with Gasteiger partial charge >= 0.3 is 0 Å². The van der Waals surface area contributed by atoms with Gasteiger partial charge in [-0.2, -0.15) is 5.10 Å². The standard InChI is InChI=1S/C27H33N5O2/c1-33-21-11-9-19(10-12-21)18-32-26-23(17-29-32)25(30-20-7-3-2-4-8-20)22(16-28-26)24-15-27(34-31-24)13-5-6-14-27/h9-12,15-17,20,31H,2-8,13-14,18H2,1H3,(H,28,30). The fourth-order valence-electron chi connectivity index (χ4n) is 5.69. The summed E-state index contributed by atoms with van der Waals surface area (Å²) < 4.78 is 7.28. The van der Waals surface area contributed by atoms with Crippen LogP contribution in [0.25, 0.3) is 16.7 Å². The largest absolute Gasteiger partial charge is 0.497 e. The lowest BCUT2D eigenvalue weighted by Gasteiger charge is -2.25. The van der Waals surface area contributed by atoms with Crippen molar-refractivity contribution < 1.29 is 9.57 Å². The Morgan fingerprint density at radius 2 is 1.88 bits per heavy atom. The zero-order valence-electron chi connectivity index (χ0n) is 19.8. The number of hydroxylamine groups is 1. The molecule has 2 N–H and O–H groups in total. The van der Waals surface area contributed by atoms with Crippen LogP contribution >= 0.6 is 0 Å². The highest BCUT2D eigenvalue weighted by molar-refractivity contribution is 5.96. The SMILES string of the molecule is COc1ccc(Cn2ncc3c(NC4CCCCC4)c(C4=CC5(CCCC5)ON4)cnc32)cc1. The maximum atomic E-state index is 6.10. The van der Waals surface area contributed by atoms with E-state index in [0.29, 0.717) is 12.6 Å². The molecule has 0 amide bonds. The third-order valence-electron chi connectivity index (χ3n) is 7.62. The molecule has 7 heteroatoms. The highest BCUT2D eigenvalue weighted by atomic mass is 16.7. The van der Waals surface area contributed by atoms with Gasteiger partial charge in [0.2, 0.25) is 0 Å². The van der Waals surface area contributed by atoms with Crippen LogP contribution in [0.15, 0.2) is 42.7 Å². The number of ether oxygens (including phenoxy) is 1. The highest BCUT2D eigenvalue weighted by Gasteiger charge is 2.39. The van der Waals surface area contributed by atoms with E-state index in [2.05, 4.69) is 29.0 Å². The number of aromatic nitrogens is 3. The summed E-state index contributed by atoms with van der Waals surface area (Å²) in [6.45, 7) is 0.663. The summed E-state index contributed by atoms with van der Waals surface area (Å²) in [6, 6.07) is 8.60. The van der Waals surface area contributed by atoms with Crippen molar-refractivity contribution in [3.63, 3.8) is 0 Å². The van der Waals surface area contributed by atoms with Crippen LogP contribution in [0.4, 0.5) is 5.69 Å². The lowest BCUT2D eigenvalue weighted by molar-refractivity contribution is -0.0289. The fraction of sp³-hybridized carbons (Fsp3) is 0.481. The smallest absolute Gasteiger partial charge is 0.160 e. The number of hydrogen-bond donors (Lipinski definition) is 2. The summed E-state index contributed by atoms with van der Waals surface area (Å²) in [5, 5.41) is 9.69. The number of benzene rings is 1. The van der Waals surface area contributed by atoms with Crippen LogP contribution in [0.3, 0.4) is 0 Å². The van der Waals surface area contributed by atoms with E-state index >= 15 is 0 Å². The molecular weight excluding hydrogens is 426 g/mol. The molecule has 1 spiro atoms. The Morgan fingerprint density at radius 3 is 2.65 bits per heavy atom.